The first-order valence-corrected chi connectivity index (χ1v) is 5.78. The molecule has 0 radical (unpaired) electrons. The van der Waals surface area contributed by atoms with Crippen LogP contribution in [0.4, 0.5) is 0 Å². The van der Waals surface area contributed by atoms with Gasteiger partial charge in [0.15, 0.2) is 0 Å². The molecule has 0 aliphatic heterocycles. The van der Waals surface area contributed by atoms with Gasteiger partial charge in [-0.3, -0.25) is 4.79 Å². The SMILES string of the molecule is CC[C@H](CO)NC(=O)c1ccc(Br)cc1O. The molecule has 1 aromatic rings. The van der Waals surface area contributed by atoms with Crippen molar-refractivity contribution in [2.45, 2.75) is 19.4 Å². The first-order chi connectivity index (χ1) is 7.58. The number of aliphatic hydroxyl groups excluding tert-OH is 1. The van der Waals surface area contributed by atoms with Crippen LogP contribution in [0.15, 0.2) is 22.7 Å². The average Bonchev–Trinajstić information content (AvgIpc) is 2.25. The maximum atomic E-state index is 11.7. The topological polar surface area (TPSA) is 69.6 Å². The van der Waals surface area contributed by atoms with Crippen LogP contribution in [-0.4, -0.2) is 28.8 Å². The zero-order valence-corrected chi connectivity index (χ0v) is 10.5. The molecule has 0 heterocycles. The standard InChI is InChI=1S/C11H14BrNO3/c1-2-8(6-14)13-11(16)9-4-3-7(12)5-10(9)15/h3-5,8,14-15H,2,6H2,1H3,(H,13,16)/t8-/m1/s1. The number of benzene rings is 1. The van der Waals surface area contributed by atoms with Gasteiger partial charge in [0.25, 0.3) is 5.91 Å². The summed E-state index contributed by atoms with van der Waals surface area (Å²) in [4.78, 5) is 11.7. The van der Waals surface area contributed by atoms with Crippen molar-refractivity contribution < 1.29 is 15.0 Å². The predicted molar refractivity (Wildman–Crippen MR) is 64.4 cm³/mol. The monoisotopic (exact) mass is 287 g/mol. The Morgan fingerprint density at radius 2 is 2.25 bits per heavy atom. The van der Waals surface area contributed by atoms with Crippen LogP contribution in [0.1, 0.15) is 23.7 Å². The molecule has 0 unspecified atom stereocenters. The minimum atomic E-state index is -0.383. The molecular formula is C11H14BrNO3. The minimum Gasteiger partial charge on any atom is -0.507 e. The van der Waals surface area contributed by atoms with Crippen LogP contribution in [0.5, 0.6) is 5.75 Å². The normalized spacial score (nSPS) is 12.2. The molecule has 4 nitrogen and oxygen atoms in total. The molecule has 5 heteroatoms. The van der Waals surface area contributed by atoms with E-state index in [1.807, 2.05) is 6.92 Å². The summed E-state index contributed by atoms with van der Waals surface area (Å²) in [6, 6.07) is 4.37. The van der Waals surface area contributed by atoms with Gasteiger partial charge >= 0.3 is 0 Å². The molecule has 3 N–H and O–H groups in total. The first kappa shape index (κ1) is 13.0. The van der Waals surface area contributed by atoms with Gasteiger partial charge < -0.3 is 15.5 Å². The molecule has 0 aliphatic rings. The Morgan fingerprint density at radius 1 is 1.56 bits per heavy atom. The molecule has 0 spiro atoms. The van der Waals surface area contributed by atoms with Crippen molar-refractivity contribution >= 4 is 21.8 Å². The highest BCUT2D eigenvalue weighted by Crippen LogP contribution is 2.22. The predicted octanol–water partition coefficient (Wildman–Crippen LogP) is 1.66. The molecule has 16 heavy (non-hydrogen) atoms. The Balaban J connectivity index is 2.80. The highest BCUT2D eigenvalue weighted by molar-refractivity contribution is 9.10. The number of hydrogen-bond donors (Lipinski definition) is 3. The fraction of sp³-hybridized carbons (Fsp3) is 0.364. The van der Waals surface area contributed by atoms with E-state index < -0.39 is 0 Å². The molecule has 1 rings (SSSR count). The first-order valence-electron chi connectivity index (χ1n) is 4.98. The lowest BCUT2D eigenvalue weighted by molar-refractivity contribution is 0.0912. The summed E-state index contributed by atoms with van der Waals surface area (Å²) in [6.45, 7) is 1.75. The molecule has 1 amide bonds. The quantitative estimate of drug-likeness (QED) is 0.789. The maximum absolute atomic E-state index is 11.7. The number of rotatable bonds is 4. The average molecular weight is 288 g/mol. The number of aliphatic hydroxyl groups is 1. The van der Waals surface area contributed by atoms with Crippen molar-refractivity contribution in [1.82, 2.24) is 5.32 Å². The number of nitrogens with one attached hydrogen (secondary N) is 1. The number of aromatic hydroxyl groups is 1. The second-order valence-corrected chi connectivity index (χ2v) is 4.34. The van der Waals surface area contributed by atoms with Crippen LogP contribution in [-0.2, 0) is 0 Å². The van der Waals surface area contributed by atoms with E-state index in [0.717, 1.165) is 0 Å². The Hall–Kier alpha value is -1.07. The van der Waals surface area contributed by atoms with Gasteiger partial charge in [-0.25, -0.2) is 0 Å². The van der Waals surface area contributed by atoms with E-state index in [4.69, 9.17) is 5.11 Å². The fourth-order valence-electron chi connectivity index (χ4n) is 1.24. The Morgan fingerprint density at radius 3 is 2.75 bits per heavy atom. The lowest BCUT2D eigenvalue weighted by Crippen LogP contribution is -2.36. The molecule has 0 fully saturated rings. The van der Waals surface area contributed by atoms with Gasteiger partial charge in [-0.1, -0.05) is 22.9 Å². The summed E-state index contributed by atoms with van der Waals surface area (Å²) in [5, 5.41) is 21.1. The molecule has 0 aromatic heterocycles. The minimum absolute atomic E-state index is 0.0836. The van der Waals surface area contributed by atoms with Crippen molar-refractivity contribution in [2.75, 3.05) is 6.61 Å². The van der Waals surface area contributed by atoms with E-state index in [1.54, 1.807) is 6.07 Å². The third-order valence-electron chi connectivity index (χ3n) is 2.25. The van der Waals surface area contributed by atoms with E-state index in [2.05, 4.69) is 21.2 Å². The highest BCUT2D eigenvalue weighted by atomic mass is 79.9. The fourth-order valence-corrected chi connectivity index (χ4v) is 1.59. The molecule has 0 saturated heterocycles. The van der Waals surface area contributed by atoms with Crippen molar-refractivity contribution in [3.8, 4) is 5.75 Å². The number of amides is 1. The van der Waals surface area contributed by atoms with E-state index >= 15 is 0 Å². The van der Waals surface area contributed by atoms with Gasteiger partial charge in [-0.05, 0) is 24.6 Å². The molecule has 1 aromatic carbocycles. The second kappa shape index (κ2) is 5.86. The molecule has 1 atom stereocenters. The Labute approximate surface area is 102 Å². The van der Waals surface area contributed by atoms with Crippen molar-refractivity contribution in [2.24, 2.45) is 0 Å². The molecular weight excluding hydrogens is 274 g/mol. The number of carbonyl (C=O) groups is 1. The molecule has 0 bridgehead atoms. The Bertz CT molecular complexity index is 377. The molecule has 88 valence electrons. The van der Waals surface area contributed by atoms with Crippen LogP contribution < -0.4 is 5.32 Å². The van der Waals surface area contributed by atoms with Crippen LogP contribution in [0.25, 0.3) is 0 Å². The second-order valence-electron chi connectivity index (χ2n) is 3.42. The van der Waals surface area contributed by atoms with E-state index in [1.165, 1.54) is 12.1 Å². The van der Waals surface area contributed by atoms with Gasteiger partial charge in [0.2, 0.25) is 0 Å². The summed E-state index contributed by atoms with van der Waals surface area (Å²) < 4.78 is 0.704. The third kappa shape index (κ3) is 3.21. The van der Waals surface area contributed by atoms with Crippen LogP contribution in [0, 0.1) is 0 Å². The lowest BCUT2D eigenvalue weighted by Gasteiger charge is -2.14. The van der Waals surface area contributed by atoms with Crippen molar-refractivity contribution in [3.05, 3.63) is 28.2 Å². The van der Waals surface area contributed by atoms with E-state index in [9.17, 15) is 9.90 Å². The summed E-state index contributed by atoms with van der Waals surface area (Å²) >= 11 is 3.19. The van der Waals surface area contributed by atoms with Crippen LogP contribution >= 0.6 is 15.9 Å². The molecule has 0 saturated carbocycles. The lowest BCUT2D eigenvalue weighted by atomic mass is 10.1. The van der Waals surface area contributed by atoms with Gasteiger partial charge in [0, 0.05) is 4.47 Å². The Kier molecular flexibility index (Phi) is 4.76. The van der Waals surface area contributed by atoms with Gasteiger partial charge in [-0.15, -0.1) is 0 Å². The number of halogens is 1. The summed E-state index contributed by atoms with van der Waals surface area (Å²) in [7, 11) is 0. The van der Waals surface area contributed by atoms with Crippen LogP contribution in [0.2, 0.25) is 0 Å². The van der Waals surface area contributed by atoms with Crippen molar-refractivity contribution in [1.29, 1.82) is 0 Å². The molecule has 0 aliphatic carbocycles. The number of phenols is 1. The van der Waals surface area contributed by atoms with E-state index in [0.29, 0.717) is 10.9 Å². The summed E-state index contributed by atoms with van der Waals surface area (Å²) in [6.07, 6.45) is 0.638. The zero-order valence-electron chi connectivity index (χ0n) is 8.90. The van der Waals surface area contributed by atoms with E-state index in [-0.39, 0.29) is 29.9 Å². The highest BCUT2D eigenvalue weighted by Gasteiger charge is 2.14. The zero-order chi connectivity index (χ0) is 12.1. The van der Waals surface area contributed by atoms with Crippen molar-refractivity contribution in [3.63, 3.8) is 0 Å². The third-order valence-corrected chi connectivity index (χ3v) is 2.75. The number of hydrogen-bond acceptors (Lipinski definition) is 3. The van der Waals surface area contributed by atoms with Crippen LogP contribution in [0.3, 0.4) is 0 Å². The number of phenolic OH excluding ortho intramolecular Hbond substituents is 1. The van der Waals surface area contributed by atoms with Gasteiger partial charge in [0.05, 0.1) is 18.2 Å². The largest absolute Gasteiger partial charge is 0.507 e. The number of carbonyl (C=O) groups excluding carboxylic acids is 1. The summed E-state index contributed by atoms with van der Waals surface area (Å²) in [5.41, 5.74) is 0.204. The maximum Gasteiger partial charge on any atom is 0.255 e. The smallest absolute Gasteiger partial charge is 0.255 e. The van der Waals surface area contributed by atoms with Gasteiger partial charge in [-0.2, -0.15) is 0 Å². The summed E-state index contributed by atoms with van der Waals surface area (Å²) in [5.74, 6) is -0.467. The van der Waals surface area contributed by atoms with Gasteiger partial charge in [0.1, 0.15) is 5.75 Å².